The molecular formula is C35H34N2O7. The summed E-state index contributed by atoms with van der Waals surface area (Å²) in [5.74, 6) is -1.39. The molecule has 2 unspecified atom stereocenters. The molecule has 1 heterocycles. The van der Waals surface area contributed by atoms with Gasteiger partial charge < -0.3 is 30.3 Å². The molecule has 0 radical (unpaired) electrons. The van der Waals surface area contributed by atoms with E-state index in [4.69, 9.17) is 9.73 Å². The maximum Gasteiger partial charge on any atom is 0.169 e. The van der Waals surface area contributed by atoms with Gasteiger partial charge in [0.25, 0.3) is 0 Å². The number of ether oxygens (including phenoxy) is 1. The molecule has 0 saturated heterocycles. The maximum atomic E-state index is 13.5. The molecule has 0 spiro atoms. The second-order valence-electron chi connectivity index (χ2n) is 12.7. The Hall–Kier alpha value is -4.18. The SMILES string of the molecule is COc1c(O)c2c(O)cc(CO)c3c4c(CO)cc(O)c5c4c4c(c1C(C(C)=O)C(C)=CC=4C1=N[C@@H]4CCCC[C@@H]4NC15)c23. The van der Waals surface area contributed by atoms with E-state index in [1.807, 2.05) is 13.0 Å². The number of nitrogens with zero attached hydrogens (tertiary/aromatic N) is 1. The summed E-state index contributed by atoms with van der Waals surface area (Å²) in [7, 11) is 1.42. The number of hydrogen-bond acceptors (Lipinski definition) is 9. The summed E-state index contributed by atoms with van der Waals surface area (Å²) >= 11 is 0. The van der Waals surface area contributed by atoms with E-state index >= 15 is 0 Å². The molecule has 0 bridgehead atoms. The number of phenolic OH excluding ortho intramolecular Hbond substituents is 3. The zero-order valence-corrected chi connectivity index (χ0v) is 24.8. The van der Waals surface area contributed by atoms with Gasteiger partial charge in [-0.2, -0.15) is 0 Å². The highest BCUT2D eigenvalue weighted by Gasteiger charge is 2.43. The zero-order chi connectivity index (χ0) is 30.8. The first-order chi connectivity index (χ1) is 21.2. The molecule has 0 aromatic heterocycles. The molecule has 1 saturated carbocycles. The fourth-order valence-corrected chi connectivity index (χ4v) is 8.74. The highest BCUT2D eigenvalue weighted by Crippen LogP contribution is 2.55. The molecule has 4 aromatic carbocycles. The first-order valence-corrected chi connectivity index (χ1v) is 15.2. The topological polar surface area (TPSA) is 152 Å². The predicted octanol–water partition coefficient (Wildman–Crippen LogP) is 4.17. The van der Waals surface area contributed by atoms with Crippen molar-refractivity contribution >= 4 is 49.4 Å². The summed E-state index contributed by atoms with van der Waals surface area (Å²) < 4.78 is 5.83. The van der Waals surface area contributed by atoms with Gasteiger partial charge in [0.2, 0.25) is 0 Å². The van der Waals surface area contributed by atoms with Gasteiger partial charge in [-0.1, -0.05) is 24.5 Å². The van der Waals surface area contributed by atoms with Crippen LogP contribution in [0.25, 0.3) is 37.9 Å². The number of phenols is 3. The zero-order valence-electron chi connectivity index (χ0n) is 24.8. The number of aliphatic imine (C=N–C) groups is 1. The molecule has 4 aliphatic rings. The van der Waals surface area contributed by atoms with Gasteiger partial charge in [-0.25, -0.2) is 0 Å². The first kappa shape index (κ1) is 27.4. The molecule has 9 heteroatoms. The van der Waals surface area contributed by atoms with Crippen molar-refractivity contribution in [3.8, 4) is 23.0 Å². The summed E-state index contributed by atoms with van der Waals surface area (Å²) in [6, 6.07) is 2.75. The minimum absolute atomic E-state index is 0.0168. The summed E-state index contributed by atoms with van der Waals surface area (Å²) in [6.45, 7) is 2.57. The predicted molar refractivity (Wildman–Crippen MR) is 168 cm³/mol. The van der Waals surface area contributed by atoms with Crippen LogP contribution in [0.4, 0.5) is 0 Å². The lowest BCUT2D eigenvalue weighted by atomic mass is 9.75. The number of hydrogen-bond donors (Lipinski definition) is 6. The Labute approximate surface area is 252 Å². The van der Waals surface area contributed by atoms with Gasteiger partial charge in [0, 0.05) is 38.7 Å². The van der Waals surface area contributed by atoms with Crippen LogP contribution in [0, 0.1) is 0 Å². The lowest BCUT2D eigenvalue weighted by Gasteiger charge is -2.41. The third-order valence-corrected chi connectivity index (χ3v) is 10.4. The van der Waals surface area contributed by atoms with Crippen molar-refractivity contribution in [2.75, 3.05) is 7.11 Å². The smallest absolute Gasteiger partial charge is 0.169 e. The third kappa shape index (κ3) is 3.29. The van der Waals surface area contributed by atoms with Gasteiger partial charge >= 0.3 is 0 Å². The van der Waals surface area contributed by atoms with Gasteiger partial charge in [0.1, 0.15) is 17.3 Å². The molecular weight excluding hydrogens is 560 g/mol. The van der Waals surface area contributed by atoms with E-state index in [1.165, 1.54) is 20.1 Å². The minimum atomic E-state index is -0.786. The molecule has 4 atom stereocenters. The highest BCUT2D eigenvalue weighted by atomic mass is 16.5. The van der Waals surface area contributed by atoms with Crippen molar-refractivity contribution in [1.82, 2.24) is 5.32 Å². The molecule has 226 valence electrons. The average Bonchev–Trinajstić information content (AvgIpc) is 3.14. The van der Waals surface area contributed by atoms with Gasteiger partial charge in [-0.05, 0) is 66.1 Å². The number of nitrogens with one attached hydrogen (secondary N) is 1. The Kier molecular flexibility index (Phi) is 5.85. The quantitative estimate of drug-likeness (QED) is 0.152. The Balaban J connectivity index is 1.76. The number of aliphatic hydroxyl groups is 2. The van der Waals surface area contributed by atoms with E-state index in [9.17, 15) is 30.3 Å². The lowest BCUT2D eigenvalue weighted by molar-refractivity contribution is -0.117. The minimum Gasteiger partial charge on any atom is -0.508 e. The maximum absolute atomic E-state index is 13.5. The van der Waals surface area contributed by atoms with Crippen LogP contribution >= 0.6 is 0 Å². The van der Waals surface area contributed by atoms with Gasteiger partial charge in [0.15, 0.2) is 11.5 Å². The number of aromatic hydroxyl groups is 3. The van der Waals surface area contributed by atoms with Crippen LogP contribution in [0.1, 0.15) is 73.7 Å². The fourth-order valence-electron chi connectivity index (χ4n) is 8.74. The number of ketones is 1. The van der Waals surface area contributed by atoms with Crippen LogP contribution < -0.4 is 15.3 Å². The first-order valence-electron chi connectivity index (χ1n) is 15.2. The summed E-state index contributed by atoms with van der Waals surface area (Å²) in [5.41, 5.74) is 4.23. The van der Waals surface area contributed by atoms with Crippen molar-refractivity contribution in [3.05, 3.63) is 51.3 Å². The number of aliphatic hydroxyl groups excluding tert-OH is 2. The number of allylic oxidation sites excluding steroid dienone is 2. The second-order valence-corrected chi connectivity index (χ2v) is 12.7. The summed E-state index contributed by atoms with van der Waals surface area (Å²) in [6.07, 6.45) is 6.09. The summed E-state index contributed by atoms with van der Waals surface area (Å²) in [5, 5.41) is 63.6. The van der Waals surface area contributed by atoms with Crippen LogP contribution in [0.2, 0.25) is 0 Å². The standard InChI is InChI=1S/C35H34N2O7/c1-13-8-17-25-28-23(15(11-38)9-20(41)26(28)33-32(17)36-18-6-4-5-7-19(18)37-33)24-16(12-39)10-21(42)27-29(24)30(25)31(22(13)14(2)40)35(44-3)34(27)43/h8-10,18-19,22,33,37-39,41-43H,4-7,11-12H2,1-3H3/t18-,19+,22?,33?/m1/s1. The number of Topliss-reactive ketones (excluding diaryl/α,β-unsaturated/α-hetero) is 1. The van der Waals surface area contributed by atoms with E-state index in [0.29, 0.717) is 54.4 Å². The van der Waals surface area contributed by atoms with Crippen LogP contribution in [-0.4, -0.2) is 56.2 Å². The Bertz CT molecular complexity index is 2110. The van der Waals surface area contributed by atoms with Gasteiger partial charge in [-0.3, -0.25) is 15.1 Å². The molecule has 9 nitrogen and oxygen atoms in total. The molecule has 4 aromatic rings. The molecule has 8 rings (SSSR count). The lowest BCUT2D eigenvalue weighted by Crippen LogP contribution is -2.51. The van der Waals surface area contributed by atoms with Crippen molar-refractivity contribution < 1.29 is 35.1 Å². The van der Waals surface area contributed by atoms with Gasteiger partial charge in [0.05, 0.1) is 49.4 Å². The van der Waals surface area contributed by atoms with Crippen LogP contribution in [0.3, 0.4) is 0 Å². The molecule has 0 amide bonds. The molecule has 1 aliphatic heterocycles. The Morgan fingerprint density at radius 3 is 2.27 bits per heavy atom. The average molecular weight is 595 g/mol. The van der Waals surface area contributed by atoms with E-state index in [0.717, 1.165) is 42.5 Å². The largest absolute Gasteiger partial charge is 0.508 e. The molecule has 44 heavy (non-hydrogen) atoms. The van der Waals surface area contributed by atoms with Crippen molar-refractivity contribution in [3.63, 3.8) is 0 Å². The van der Waals surface area contributed by atoms with Crippen molar-refractivity contribution in [2.24, 2.45) is 4.99 Å². The number of carbonyl (C=O) groups is 1. The number of fused-ring (bicyclic) bond motifs is 5. The van der Waals surface area contributed by atoms with Gasteiger partial charge in [-0.15, -0.1) is 0 Å². The monoisotopic (exact) mass is 594 g/mol. The normalized spacial score (nSPS) is 23.9. The fraction of sp³-hybridized carbons (Fsp3) is 0.371. The van der Waals surface area contributed by atoms with Crippen molar-refractivity contribution in [2.45, 2.75) is 76.8 Å². The van der Waals surface area contributed by atoms with E-state index in [-0.39, 0.29) is 46.3 Å². The number of benzene rings is 4. The molecule has 3 aliphatic carbocycles. The van der Waals surface area contributed by atoms with E-state index < -0.39 is 25.2 Å². The van der Waals surface area contributed by atoms with Crippen molar-refractivity contribution in [1.29, 1.82) is 0 Å². The Morgan fingerprint density at radius 1 is 0.932 bits per heavy atom. The van der Waals surface area contributed by atoms with Crippen LogP contribution in [0.15, 0.2) is 28.8 Å². The van der Waals surface area contributed by atoms with Crippen LogP contribution in [0.5, 0.6) is 23.0 Å². The van der Waals surface area contributed by atoms with Crippen LogP contribution in [-0.2, 0) is 18.0 Å². The second kappa shape index (κ2) is 9.41. The van der Waals surface area contributed by atoms with E-state index in [1.54, 1.807) is 6.07 Å². The Morgan fingerprint density at radius 2 is 1.59 bits per heavy atom. The number of rotatable bonds is 4. The third-order valence-electron chi connectivity index (χ3n) is 10.4. The molecule has 1 fully saturated rings. The van der Waals surface area contributed by atoms with E-state index in [2.05, 4.69) is 5.32 Å². The summed E-state index contributed by atoms with van der Waals surface area (Å²) in [4.78, 5) is 18.9. The molecule has 6 N–H and O–H groups in total. The highest BCUT2D eigenvalue weighted by molar-refractivity contribution is 6.36. The number of carbonyl (C=O) groups excluding carboxylic acids is 1. The number of methoxy groups -OCH3 is 1.